The van der Waals surface area contributed by atoms with Crippen LogP contribution in [0.15, 0.2) is 51.8 Å². The first kappa shape index (κ1) is 16.0. The summed E-state index contributed by atoms with van der Waals surface area (Å²) in [6, 6.07) is 12.5. The minimum absolute atomic E-state index is 0.270. The molecule has 0 radical (unpaired) electrons. The highest BCUT2D eigenvalue weighted by atomic mass is 79.9. The predicted octanol–water partition coefficient (Wildman–Crippen LogP) is 4.68. The van der Waals surface area contributed by atoms with Gasteiger partial charge in [-0.1, -0.05) is 48.0 Å². The summed E-state index contributed by atoms with van der Waals surface area (Å²) >= 11 is 3.35. The van der Waals surface area contributed by atoms with Gasteiger partial charge in [0, 0.05) is 4.47 Å². The van der Waals surface area contributed by atoms with Crippen molar-refractivity contribution in [3.8, 4) is 0 Å². The molecule has 0 heterocycles. The zero-order valence-corrected chi connectivity index (χ0v) is 14.6. The molecule has 5 heteroatoms. The van der Waals surface area contributed by atoms with Crippen LogP contribution in [0.2, 0.25) is 0 Å². The Balaban J connectivity index is 2.31. The Bertz CT molecular complexity index is 737. The molecule has 2 aromatic carbocycles. The predicted molar refractivity (Wildman–Crippen MR) is 90.2 cm³/mol. The minimum atomic E-state index is -3.57. The van der Waals surface area contributed by atoms with Crippen molar-refractivity contribution >= 4 is 31.6 Å². The van der Waals surface area contributed by atoms with Crippen LogP contribution in [-0.2, 0) is 10.0 Å². The van der Waals surface area contributed by atoms with Gasteiger partial charge in [-0.15, -0.1) is 0 Å². The Morgan fingerprint density at radius 3 is 2.24 bits per heavy atom. The van der Waals surface area contributed by atoms with Crippen molar-refractivity contribution in [1.29, 1.82) is 0 Å². The van der Waals surface area contributed by atoms with E-state index >= 15 is 0 Å². The fraction of sp³-hybridized carbons (Fsp3) is 0.250. The lowest BCUT2D eigenvalue weighted by atomic mass is 10.0. The highest BCUT2D eigenvalue weighted by Crippen LogP contribution is 2.24. The lowest BCUT2D eigenvalue weighted by Crippen LogP contribution is -2.13. The van der Waals surface area contributed by atoms with E-state index in [9.17, 15) is 8.42 Å². The first-order valence-corrected chi connectivity index (χ1v) is 8.96. The molecule has 0 fully saturated rings. The summed E-state index contributed by atoms with van der Waals surface area (Å²) in [5, 5.41) is 0. The fourth-order valence-corrected chi connectivity index (χ4v) is 3.42. The maximum absolute atomic E-state index is 12.4. The van der Waals surface area contributed by atoms with Crippen LogP contribution in [0.25, 0.3) is 0 Å². The summed E-state index contributed by atoms with van der Waals surface area (Å²) in [7, 11) is -3.57. The molecule has 0 spiro atoms. The van der Waals surface area contributed by atoms with E-state index in [2.05, 4.69) is 34.5 Å². The molecule has 0 aliphatic rings. The van der Waals surface area contributed by atoms with Crippen molar-refractivity contribution in [3.63, 3.8) is 0 Å². The van der Waals surface area contributed by atoms with E-state index in [1.807, 2.05) is 31.2 Å². The van der Waals surface area contributed by atoms with Gasteiger partial charge in [0.25, 0.3) is 10.0 Å². The van der Waals surface area contributed by atoms with Gasteiger partial charge in [0.15, 0.2) is 0 Å². The maximum Gasteiger partial charge on any atom is 0.261 e. The summed E-state index contributed by atoms with van der Waals surface area (Å²) in [5.41, 5.74) is 2.57. The van der Waals surface area contributed by atoms with Crippen LogP contribution < -0.4 is 4.72 Å². The fourth-order valence-electron chi connectivity index (χ4n) is 1.94. The van der Waals surface area contributed by atoms with Crippen LogP contribution in [0, 0.1) is 6.92 Å². The van der Waals surface area contributed by atoms with E-state index in [0.717, 1.165) is 15.6 Å². The second-order valence-electron chi connectivity index (χ2n) is 5.29. The third-order valence-corrected chi connectivity index (χ3v) is 5.18. The Morgan fingerprint density at radius 2 is 1.67 bits per heavy atom. The molecule has 21 heavy (non-hydrogen) atoms. The highest BCUT2D eigenvalue weighted by molar-refractivity contribution is 9.10. The Kier molecular flexibility index (Phi) is 4.74. The number of hydrogen-bond acceptors (Lipinski definition) is 2. The van der Waals surface area contributed by atoms with Crippen LogP contribution in [0.4, 0.5) is 5.69 Å². The standard InChI is InChI=1S/C16H18BrNO2S/c1-11(2)13-5-8-15(9-6-13)21(19,20)18-16-10-14(17)7-4-12(16)3/h4-11,18H,1-3H3. The lowest BCUT2D eigenvalue weighted by Gasteiger charge is -2.12. The van der Waals surface area contributed by atoms with Crippen LogP contribution in [0.1, 0.15) is 30.9 Å². The van der Waals surface area contributed by atoms with Crippen molar-refractivity contribution in [2.45, 2.75) is 31.6 Å². The normalized spacial score (nSPS) is 11.7. The number of hydrogen-bond donors (Lipinski definition) is 1. The van der Waals surface area contributed by atoms with Crippen LogP contribution in [0.3, 0.4) is 0 Å². The molecule has 0 unspecified atom stereocenters. The van der Waals surface area contributed by atoms with E-state index < -0.39 is 10.0 Å². The molecule has 3 nitrogen and oxygen atoms in total. The average Bonchev–Trinajstić information content (AvgIpc) is 2.43. The molecule has 0 aliphatic carbocycles. The van der Waals surface area contributed by atoms with Gasteiger partial charge in [-0.25, -0.2) is 8.42 Å². The molecule has 0 aliphatic heterocycles. The molecule has 0 amide bonds. The molecule has 2 rings (SSSR count). The zero-order chi connectivity index (χ0) is 15.6. The van der Waals surface area contributed by atoms with E-state index in [0.29, 0.717) is 11.6 Å². The van der Waals surface area contributed by atoms with E-state index in [1.165, 1.54) is 0 Å². The second kappa shape index (κ2) is 6.20. The molecule has 112 valence electrons. The summed E-state index contributed by atoms with van der Waals surface area (Å²) in [5.74, 6) is 0.377. The smallest absolute Gasteiger partial charge is 0.261 e. The Morgan fingerprint density at radius 1 is 1.05 bits per heavy atom. The van der Waals surface area contributed by atoms with Gasteiger partial charge in [0.1, 0.15) is 0 Å². The molecule has 0 atom stereocenters. The highest BCUT2D eigenvalue weighted by Gasteiger charge is 2.15. The number of rotatable bonds is 4. The third-order valence-electron chi connectivity index (χ3n) is 3.30. The van der Waals surface area contributed by atoms with Gasteiger partial charge in [-0.05, 0) is 48.2 Å². The van der Waals surface area contributed by atoms with Crippen molar-refractivity contribution in [3.05, 3.63) is 58.1 Å². The minimum Gasteiger partial charge on any atom is -0.279 e. The van der Waals surface area contributed by atoms with Crippen molar-refractivity contribution in [2.24, 2.45) is 0 Å². The summed E-state index contributed by atoms with van der Waals surface area (Å²) in [4.78, 5) is 0.270. The van der Waals surface area contributed by atoms with Gasteiger partial charge in [-0.3, -0.25) is 4.72 Å². The van der Waals surface area contributed by atoms with Crippen LogP contribution >= 0.6 is 15.9 Å². The largest absolute Gasteiger partial charge is 0.279 e. The number of aryl methyl sites for hydroxylation is 1. The van der Waals surface area contributed by atoms with E-state index in [-0.39, 0.29) is 4.90 Å². The summed E-state index contributed by atoms with van der Waals surface area (Å²) in [6.07, 6.45) is 0. The SMILES string of the molecule is Cc1ccc(Br)cc1NS(=O)(=O)c1ccc(C(C)C)cc1. The first-order chi connectivity index (χ1) is 9.79. The molecule has 0 saturated carbocycles. The molecular weight excluding hydrogens is 350 g/mol. The van der Waals surface area contributed by atoms with Crippen molar-refractivity contribution in [1.82, 2.24) is 0 Å². The topological polar surface area (TPSA) is 46.2 Å². The number of benzene rings is 2. The molecule has 0 aromatic heterocycles. The maximum atomic E-state index is 12.4. The molecule has 1 N–H and O–H groups in total. The third kappa shape index (κ3) is 3.86. The summed E-state index contributed by atoms with van der Waals surface area (Å²) in [6.45, 7) is 6.02. The monoisotopic (exact) mass is 367 g/mol. The van der Waals surface area contributed by atoms with Crippen molar-refractivity contribution < 1.29 is 8.42 Å². The Labute approximate surface area is 134 Å². The van der Waals surface area contributed by atoms with Gasteiger partial charge in [0.05, 0.1) is 10.6 Å². The lowest BCUT2D eigenvalue weighted by molar-refractivity contribution is 0.601. The zero-order valence-electron chi connectivity index (χ0n) is 12.2. The van der Waals surface area contributed by atoms with Crippen molar-refractivity contribution in [2.75, 3.05) is 4.72 Å². The summed E-state index contributed by atoms with van der Waals surface area (Å²) < 4.78 is 28.3. The molecule has 2 aromatic rings. The second-order valence-corrected chi connectivity index (χ2v) is 7.89. The first-order valence-electron chi connectivity index (χ1n) is 6.68. The van der Waals surface area contributed by atoms with Gasteiger partial charge >= 0.3 is 0 Å². The quantitative estimate of drug-likeness (QED) is 0.852. The molecule has 0 saturated heterocycles. The van der Waals surface area contributed by atoms with Crippen LogP contribution in [-0.4, -0.2) is 8.42 Å². The van der Waals surface area contributed by atoms with Gasteiger partial charge < -0.3 is 0 Å². The number of anilines is 1. The number of nitrogens with one attached hydrogen (secondary N) is 1. The number of halogens is 1. The Hall–Kier alpha value is -1.33. The van der Waals surface area contributed by atoms with Crippen LogP contribution in [0.5, 0.6) is 0 Å². The molecule has 0 bridgehead atoms. The average molecular weight is 368 g/mol. The van der Waals surface area contributed by atoms with E-state index in [1.54, 1.807) is 18.2 Å². The molecular formula is C16H18BrNO2S. The van der Waals surface area contributed by atoms with Gasteiger partial charge in [-0.2, -0.15) is 0 Å². The van der Waals surface area contributed by atoms with E-state index in [4.69, 9.17) is 0 Å². The van der Waals surface area contributed by atoms with Gasteiger partial charge in [0.2, 0.25) is 0 Å². The number of sulfonamides is 1.